The predicted octanol–water partition coefficient (Wildman–Crippen LogP) is 4.25. The maximum absolute atomic E-state index is 12.6. The van der Waals surface area contributed by atoms with Crippen molar-refractivity contribution in [3.05, 3.63) is 37.0 Å². The molecule has 0 bridgehead atoms. The van der Waals surface area contributed by atoms with Crippen molar-refractivity contribution in [2.24, 2.45) is 0 Å². The summed E-state index contributed by atoms with van der Waals surface area (Å²) in [4.78, 5) is 14.9. The van der Waals surface area contributed by atoms with Crippen LogP contribution in [0.15, 0.2) is 37.0 Å². The first-order valence-electron chi connectivity index (χ1n) is 11.0. The second kappa shape index (κ2) is 12.3. The summed E-state index contributed by atoms with van der Waals surface area (Å²) in [6.45, 7) is 22.2. The quantitative estimate of drug-likeness (QED) is 0.388. The van der Waals surface area contributed by atoms with Gasteiger partial charge in [0.25, 0.3) is 0 Å². The molecule has 0 aromatic rings. The second-order valence-corrected chi connectivity index (χ2v) is 8.67. The van der Waals surface area contributed by atoms with Crippen molar-refractivity contribution in [1.82, 2.24) is 10.2 Å². The van der Waals surface area contributed by atoms with E-state index in [4.69, 9.17) is 9.47 Å². The SMILES string of the molecule is C=CCN(CC=C)[C@@H]1CC(C(=O)OCC)=C[C@H](OC(CC)CC)[C@@H]1NC(C)(C)C. The van der Waals surface area contributed by atoms with Crippen molar-refractivity contribution in [2.75, 3.05) is 19.7 Å². The van der Waals surface area contributed by atoms with Gasteiger partial charge in [0, 0.05) is 30.2 Å². The van der Waals surface area contributed by atoms with Crippen LogP contribution in [0.25, 0.3) is 0 Å². The first-order chi connectivity index (χ1) is 13.7. The van der Waals surface area contributed by atoms with Crippen molar-refractivity contribution in [2.45, 2.75) is 90.6 Å². The molecular formula is C24H42N2O3. The van der Waals surface area contributed by atoms with Crippen molar-refractivity contribution in [3.63, 3.8) is 0 Å². The fraction of sp³-hybridized carbons (Fsp3) is 0.708. The number of nitrogens with zero attached hydrogens (tertiary/aromatic N) is 1. The van der Waals surface area contributed by atoms with Crippen LogP contribution in [-0.2, 0) is 14.3 Å². The number of ether oxygens (including phenoxy) is 2. The first-order valence-corrected chi connectivity index (χ1v) is 11.0. The Morgan fingerprint density at radius 1 is 1.24 bits per heavy atom. The second-order valence-electron chi connectivity index (χ2n) is 8.67. The van der Waals surface area contributed by atoms with E-state index in [1.54, 1.807) is 0 Å². The van der Waals surface area contributed by atoms with Gasteiger partial charge in [-0.3, -0.25) is 4.90 Å². The molecule has 0 spiro atoms. The molecule has 166 valence electrons. The molecular weight excluding hydrogens is 364 g/mol. The van der Waals surface area contributed by atoms with E-state index in [0.29, 0.717) is 31.7 Å². The third-order valence-corrected chi connectivity index (χ3v) is 5.16. The third kappa shape index (κ3) is 8.07. The van der Waals surface area contributed by atoms with Gasteiger partial charge in [0.15, 0.2) is 0 Å². The zero-order chi connectivity index (χ0) is 22.0. The predicted molar refractivity (Wildman–Crippen MR) is 121 cm³/mol. The normalized spacial score (nSPS) is 22.5. The zero-order valence-electron chi connectivity index (χ0n) is 19.4. The van der Waals surface area contributed by atoms with Crippen molar-refractivity contribution >= 4 is 5.97 Å². The van der Waals surface area contributed by atoms with Crippen LogP contribution in [0.1, 0.15) is 60.8 Å². The summed E-state index contributed by atoms with van der Waals surface area (Å²) in [6, 6.07) is 0.0997. The van der Waals surface area contributed by atoms with Crippen LogP contribution in [0.4, 0.5) is 0 Å². The highest BCUT2D eigenvalue weighted by Crippen LogP contribution is 2.29. The summed E-state index contributed by atoms with van der Waals surface area (Å²) in [5.74, 6) is -0.248. The molecule has 1 aliphatic rings. The fourth-order valence-electron chi connectivity index (χ4n) is 3.86. The molecule has 0 aromatic heterocycles. The lowest BCUT2D eigenvalue weighted by Gasteiger charge is -2.45. The van der Waals surface area contributed by atoms with Gasteiger partial charge in [-0.15, -0.1) is 13.2 Å². The van der Waals surface area contributed by atoms with Crippen LogP contribution in [0.3, 0.4) is 0 Å². The van der Waals surface area contributed by atoms with Gasteiger partial charge in [0.1, 0.15) is 0 Å². The van der Waals surface area contributed by atoms with E-state index < -0.39 is 0 Å². The number of hydrogen-bond acceptors (Lipinski definition) is 5. The van der Waals surface area contributed by atoms with E-state index in [1.165, 1.54) is 0 Å². The largest absolute Gasteiger partial charge is 0.463 e. The van der Waals surface area contributed by atoms with Crippen LogP contribution in [0.5, 0.6) is 0 Å². The van der Waals surface area contributed by atoms with E-state index in [1.807, 2.05) is 25.2 Å². The highest BCUT2D eigenvalue weighted by atomic mass is 16.5. The molecule has 0 unspecified atom stereocenters. The molecule has 5 nitrogen and oxygen atoms in total. The minimum Gasteiger partial charge on any atom is -0.463 e. The summed E-state index contributed by atoms with van der Waals surface area (Å²) < 4.78 is 11.8. The summed E-state index contributed by atoms with van der Waals surface area (Å²) >= 11 is 0. The van der Waals surface area contributed by atoms with Gasteiger partial charge in [-0.05, 0) is 53.0 Å². The number of carbonyl (C=O) groups excluding carboxylic acids is 1. The zero-order valence-corrected chi connectivity index (χ0v) is 19.4. The Morgan fingerprint density at radius 3 is 2.28 bits per heavy atom. The number of esters is 1. The van der Waals surface area contributed by atoms with E-state index in [0.717, 1.165) is 12.8 Å². The Morgan fingerprint density at radius 2 is 1.83 bits per heavy atom. The smallest absolute Gasteiger partial charge is 0.333 e. The molecule has 3 atom stereocenters. The summed E-state index contributed by atoms with van der Waals surface area (Å²) in [5, 5.41) is 3.77. The summed E-state index contributed by atoms with van der Waals surface area (Å²) in [6.07, 6.45) is 8.20. The molecule has 1 rings (SSSR count). The lowest BCUT2D eigenvalue weighted by atomic mass is 9.85. The van der Waals surface area contributed by atoms with Crippen molar-refractivity contribution in [3.8, 4) is 0 Å². The highest BCUT2D eigenvalue weighted by molar-refractivity contribution is 5.89. The number of rotatable bonds is 12. The Bertz CT molecular complexity index is 551. The molecule has 0 aliphatic heterocycles. The highest BCUT2D eigenvalue weighted by Gasteiger charge is 2.41. The minimum atomic E-state index is -0.248. The van der Waals surface area contributed by atoms with E-state index in [-0.39, 0.29) is 35.8 Å². The monoisotopic (exact) mass is 406 g/mol. The Labute approximate surface area is 178 Å². The average molecular weight is 407 g/mol. The molecule has 0 heterocycles. The van der Waals surface area contributed by atoms with Gasteiger partial charge in [-0.25, -0.2) is 4.79 Å². The molecule has 5 heteroatoms. The average Bonchev–Trinajstić information content (AvgIpc) is 2.65. The van der Waals surface area contributed by atoms with Crippen LogP contribution in [0.2, 0.25) is 0 Å². The Hall–Kier alpha value is -1.43. The maximum atomic E-state index is 12.6. The first kappa shape index (κ1) is 25.6. The van der Waals surface area contributed by atoms with Crippen molar-refractivity contribution in [1.29, 1.82) is 0 Å². The molecule has 0 saturated carbocycles. The van der Waals surface area contributed by atoms with E-state index in [9.17, 15) is 4.79 Å². The van der Waals surface area contributed by atoms with Crippen LogP contribution in [-0.4, -0.2) is 60.4 Å². The lowest BCUT2D eigenvalue weighted by molar-refractivity contribution is -0.139. The van der Waals surface area contributed by atoms with Gasteiger partial charge < -0.3 is 14.8 Å². The number of hydrogen-bond donors (Lipinski definition) is 1. The Kier molecular flexibility index (Phi) is 10.9. The van der Waals surface area contributed by atoms with Crippen LogP contribution in [0, 0.1) is 0 Å². The minimum absolute atomic E-state index is 0.0358. The molecule has 1 aliphatic carbocycles. The molecule has 0 aromatic carbocycles. The number of nitrogens with one attached hydrogen (secondary N) is 1. The van der Waals surface area contributed by atoms with Gasteiger partial charge >= 0.3 is 5.97 Å². The maximum Gasteiger partial charge on any atom is 0.333 e. The fourth-order valence-corrected chi connectivity index (χ4v) is 3.86. The lowest BCUT2D eigenvalue weighted by Crippen LogP contribution is -2.62. The third-order valence-electron chi connectivity index (χ3n) is 5.16. The Balaban J connectivity index is 3.39. The standard InChI is InChI=1S/C24H42N2O3/c1-9-14-26(15-10-2)20-16-18(23(27)28-13-5)17-21(29-19(11-3)12-4)22(20)25-24(6,7)8/h9-10,17,19-22,25H,1-2,11-16H2,3-8H3/t20-,21+,22-/m1/s1. The number of carbonyl (C=O) groups is 1. The molecule has 1 N–H and O–H groups in total. The molecule has 0 fully saturated rings. The van der Waals surface area contributed by atoms with Crippen LogP contribution >= 0.6 is 0 Å². The van der Waals surface area contributed by atoms with E-state index in [2.05, 4.69) is 58.0 Å². The van der Waals surface area contributed by atoms with Gasteiger partial charge in [-0.1, -0.05) is 26.0 Å². The summed E-state index contributed by atoms with van der Waals surface area (Å²) in [7, 11) is 0. The molecule has 0 radical (unpaired) electrons. The van der Waals surface area contributed by atoms with E-state index >= 15 is 0 Å². The van der Waals surface area contributed by atoms with Gasteiger partial charge in [-0.2, -0.15) is 0 Å². The van der Waals surface area contributed by atoms with Crippen molar-refractivity contribution < 1.29 is 14.3 Å². The molecule has 29 heavy (non-hydrogen) atoms. The van der Waals surface area contributed by atoms with Gasteiger partial charge in [0.2, 0.25) is 0 Å². The molecule has 0 saturated heterocycles. The summed E-state index contributed by atoms with van der Waals surface area (Å²) in [5.41, 5.74) is 0.597. The van der Waals surface area contributed by atoms with Gasteiger partial charge in [0.05, 0.1) is 24.9 Å². The molecule has 0 amide bonds. The topological polar surface area (TPSA) is 50.8 Å². The van der Waals surface area contributed by atoms with Crippen LogP contribution < -0.4 is 5.32 Å².